The molecule has 0 aliphatic carbocycles. The van der Waals surface area contributed by atoms with Gasteiger partial charge in [0.25, 0.3) is 5.56 Å². The summed E-state index contributed by atoms with van der Waals surface area (Å²) in [6.07, 6.45) is 2.28. The fourth-order valence-corrected chi connectivity index (χ4v) is 3.33. The third-order valence-electron chi connectivity index (χ3n) is 4.55. The van der Waals surface area contributed by atoms with Crippen molar-refractivity contribution in [2.75, 3.05) is 31.1 Å². The van der Waals surface area contributed by atoms with E-state index in [1.165, 1.54) is 6.08 Å². The summed E-state index contributed by atoms with van der Waals surface area (Å²) in [4.78, 5) is 28.3. The summed E-state index contributed by atoms with van der Waals surface area (Å²) in [5.41, 5.74) is 1.98. The Balaban J connectivity index is 1.96. The van der Waals surface area contributed by atoms with Gasteiger partial charge in [-0.3, -0.25) is 9.59 Å². The first-order chi connectivity index (χ1) is 11.7. The van der Waals surface area contributed by atoms with Gasteiger partial charge in [-0.25, -0.2) is 0 Å². The third-order valence-corrected chi connectivity index (χ3v) is 4.55. The van der Waals surface area contributed by atoms with E-state index in [0.29, 0.717) is 13.1 Å². The van der Waals surface area contributed by atoms with Crippen LogP contribution < -0.4 is 10.5 Å². The SMILES string of the molecule is C=CC(=O)N1CCN(c2cc(=O)n(CCC)c3ccccc23)CC1. The Morgan fingerprint density at radius 3 is 2.58 bits per heavy atom. The van der Waals surface area contributed by atoms with E-state index in [1.54, 1.807) is 11.0 Å². The van der Waals surface area contributed by atoms with E-state index in [1.807, 2.05) is 22.8 Å². The molecule has 5 nitrogen and oxygen atoms in total. The van der Waals surface area contributed by atoms with Crippen LogP contribution >= 0.6 is 0 Å². The molecule has 24 heavy (non-hydrogen) atoms. The van der Waals surface area contributed by atoms with Crippen LogP contribution in [0.25, 0.3) is 10.9 Å². The summed E-state index contributed by atoms with van der Waals surface area (Å²) in [6, 6.07) is 9.79. The van der Waals surface area contributed by atoms with Crippen molar-refractivity contribution in [3.8, 4) is 0 Å². The van der Waals surface area contributed by atoms with Gasteiger partial charge in [0.15, 0.2) is 0 Å². The summed E-state index contributed by atoms with van der Waals surface area (Å²) in [5.74, 6) is -0.0297. The van der Waals surface area contributed by atoms with Crippen LogP contribution in [0.3, 0.4) is 0 Å². The zero-order valence-electron chi connectivity index (χ0n) is 14.1. The number of anilines is 1. The van der Waals surface area contributed by atoms with Gasteiger partial charge < -0.3 is 14.4 Å². The number of piperazine rings is 1. The maximum Gasteiger partial charge on any atom is 0.253 e. The minimum atomic E-state index is -0.0297. The zero-order chi connectivity index (χ0) is 17.1. The highest BCUT2D eigenvalue weighted by atomic mass is 16.2. The Morgan fingerprint density at radius 1 is 1.21 bits per heavy atom. The van der Waals surface area contributed by atoms with Crippen LogP contribution in [0.15, 0.2) is 47.8 Å². The zero-order valence-corrected chi connectivity index (χ0v) is 14.1. The second-order valence-corrected chi connectivity index (χ2v) is 6.05. The molecule has 1 fully saturated rings. The maximum absolute atomic E-state index is 12.6. The standard InChI is InChI=1S/C19H23N3O2/c1-3-9-22-16-8-6-5-7-15(16)17(14-19(22)24)20-10-12-21(13-11-20)18(23)4-2/h4-8,14H,2-3,9-13H2,1H3. The number of amides is 1. The van der Waals surface area contributed by atoms with Gasteiger partial charge in [0.05, 0.1) is 11.2 Å². The Morgan fingerprint density at radius 2 is 1.92 bits per heavy atom. The van der Waals surface area contributed by atoms with Gasteiger partial charge in [-0.05, 0) is 18.6 Å². The topological polar surface area (TPSA) is 45.6 Å². The molecule has 2 heterocycles. The molecule has 3 rings (SSSR count). The van der Waals surface area contributed by atoms with Crippen LogP contribution in [-0.4, -0.2) is 41.6 Å². The number of hydrogen-bond donors (Lipinski definition) is 0. The number of nitrogens with zero attached hydrogens (tertiary/aromatic N) is 3. The Labute approximate surface area is 141 Å². The molecular weight excluding hydrogens is 302 g/mol. The lowest BCUT2D eigenvalue weighted by Crippen LogP contribution is -2.48. The van der Waals surface area contributed by atoms with Gasteiger partial charge in [0, 0.05) is 44.2 Å². The molecule has 1 aliphatic rings. The maximum atomic E-state index is 12.6. The molecule has 1 aliphatic heterocycles. The number of carbonyl (C=O) groups excluding carboxylic acids is 1. The number of fused-ring (bicyclic) bond motifs is 1. The van der Waals surface area contributed by atoms with Gasteiger partial charge in [0.2, 0.25) is 5.91 Å². The van der Waals surface area contributed by atoms with Crippen LogP contribution in [0.1, 0.15) is 13.3 Å². The van der Waals surface area contributed by atoms with Gasteiger partial charge in [-0.15, -0.1) is 0 Å². The van der Waals surface area contributed by atoms with Gasteiger partial charge in [-0.2, -0.15) is 0 Å². The third kappa shape index (κ3) is 2.94. The number of para-hydroxylation sites is 1. The van der Waals surface area contributed by atoms with E-state index in [0.717, 1.165) is 42.6 Å². The second-order valence-electron chi connectivity index (χ2n) is 6.05. The molecule has 5 heteroatoms. The van der Waals surface area contributed by atoms with Crippen molar-refractivity contribution in [3.63, 3.8) is 0 Å². The van der Waals surface area contributed by atoms with E-state index >= 15 is 0 Å². The summed E-state index contributed by atoms with van der Waals surface area (Å²) in [7, 11) is 0. The lowest BCUT2D eigenvalue weighted by atomic mass is 10.1. The summed E-state index contributed by atoms with van der Waals surface area (Å²) < 4.78 is 1.84. The molecule has 0 radical (unpaired) electrons. The Kier molecular flexibility index (Phi) is 4.69. The minimum Gasteiger partial charge on any atom is -0.367 e. The molecule has 0 unspecified atom stereocenters. The molecule has 0 N–H and O–H groups in total. The van der Waals surface area contributed by atoms with Crippen LogP contribution in [-0.2, 0) is 11.3 Å². The summed E-state index contributed by atoms with van der Waals surface area (Å²) in [6.45, 7) is 9.09. The number of rotatable bonds is 4. The van der Waals surface area contributed by atoms with Gasteiger partial charge in [0.1, 0.15) is 0 Å². The normalized spacial score (nSPS) is 14.9. The molecule has 1 aromatic carbocycles. The van der Waals surface area contributed by atoms with E-state index in [4.69, 9.17) is 0 Å². The second kappa shape index (κ2) is 6.91. The molecule has 0 spiro atoms. The van der Waals surface area contributed by atoms with E-state index in [2.05, 4.69) is 24.5 Å². The number of hydrogen-bond acceptors (Lipinski definition) is 3. The van der Waals surface area contributed by atoms with Crippen LogP contribution in [0.5, 0.6) is 0 Å². The number of carbonyl (C=O) groups is 1. The molecule has 2 aromatic rings. The van der Waals surface area contributed by atoms with Gasteiger partial charge >= 0.3 is 0 Å². The lowest BCUT2D eigenvalue weighted by molar-refractivity contribution is -0.126. The number of aryl methyl sites for hydroxylation is 1. The van der Waals surface area contributed by atoms with E-state index in [-0.39, 0.29) is 11.5 Å². The molecule has 1 amide bonds. The smallest absolute Gasteiger partial charge is 0.253 e. The fraction of sp³-hybridized carbons (Fsp3) is 0.368. The molecule has 0 atom stereocenters. The highest BCUT2D eigenvalue weighted by molar-refractivity contribution is 5.92. The predicted octanol–water partition coefficient (Wildman–Crippen LogP) is 2.25. The average molecular weight is 325 g/mol. The quantitative estimate of drug-likeness (QED) is 0.810. The lowest BCUT2D eigenvalue weighted by Gasteiger charge is -2.36. The summed E-state index contributed by atoms with van der Waals surface area (Å²) in [5, 5.41) is 1.09. The molecule has 1 aromatic heterocycles. The Bertz CT molecular complexity index is 817. The molecule has 126 valence electrons. The van der Waals surface area contributed by atoms with Gasteiger partial charge in [-0.1, -0.05) is 31.7 Å². The fourth-order valence-electron chi connectivity index (χ4n) is 3.33. The van der Waals surface area contributed by atoms with Crippen molar-refractivity contribution < 1.29 is 4.79 Å². The van der Waals surface area contributed by atoms with Crippen molar-refractivity contribution in [3.05, 3.63) is 53.3 Å². The van der Waals surface area contributed by atoms with Crippen molar-refractivity contribution in [2.24, 2.45) is 0 Å². The van der Waals surface area contributed by atoms with Crippen molar-refractivity contribution in [1.82, 2.24) is 9.47 Å². The number of pyridine rings is 1. The number of aromatic nitrogens is 1. The monoisotopic (exact) mass is 325 g/mol. The minimum absolute atomic E-state index is 0.0297. The summed E-state index contributed by atoms with van der Waals surface area (Å²) >= 11 is 0. The van der Waals surface area contributed by atoms with Crippen LogP contribution in [0, 0.1) is 0 Å². The largest absolute Gasteiger partial charge is 0.367 e. The van der Waals surface area contributed by atoms with Crippen molar-refractivity contribution >= 4 is 22.5 Å². The Hall–Kier alpha value is -2.56. The van der Waals surface area contributed by atoms with Crippen molar-refractivity contribution in [2.45, 2.75) is 19.9 Å². The highest BCUT2D eigenvalue weighted by Crippen LogP contribution is 2.26. The molecular formula is C19H23N3O2. The first kappa shape index (κ1) is 16.3. The average Bonchev–Trinajstić information content (AvgIpc) is 2.63. The van der Waals surface area contributed by atoms with E-state index in [9.17, 15) is 9.59 Å². The van der Waals surface area contributed by atoms with Crippen LogP contribution in [0.2, 0.25) is 0 Å². The highest BCUT2D eigenvalue weighted by Gasteiger charge is 2.21. The molecule has 0 bridgehead atoms. The molecule has 1 saturated heterocycles. The predicted molar refractivity (Wildman–Crippen MR) is 97.5 cm³/mol. The first-order valence-electron chi connectivity index (χ1n) is 8.44. The van der Waals surface area contributed by atoms with Crippen molar-refractivity contribution in [1.29, 1.82) is 0 Å². The number of benzene rings is 1. The van der Waals surface area contributed by atoms with Crippen LogP contribution in [0.4, 0.5) is 5.69 Å². The van der Waals surface area contributed by atoms with E-state index < -0.39 is 0 Å². The first-order valence-corrected chi connectivity index (χ1v) is 8.44. The molecule has 0 saturated carbocycles.